The first-order chi connectivity index (χ1) is 12.0. The number of amides is 1. The minimum absolute atomic E-state index is 0.0267. The molecule has 8 heteroatoms. The van der Waals surface area contributed by atoms with Crippen LogP contribution >= 0.6 is 0 Å². The van der Waals surface area contributed by atoms with Gasteiger partial charge >= 0.3 is 0 Å². The van der Waals surface area contributed by atoms with Crippen molar-refractivity contribution in [3.8, 4) is 0 Å². The molecule has 1 saturated heterocycles. The predicted molar refractivity (Wildman–Crippen MR) is 93.3 cm³/mol. The number of ether oxygens (including phenoxy) is 1. The van der Waals surface area contributed by atoms with Crippen molar-refractivity contribution in [3.05, 3.63) is 35.3 Å². The van der Waals surface area contributed by atoms with Gasteiger partial charge in [-0.2, -0.15) is 10.2 Å². The number of carbonyl (C=O) groups excluding carboxylic acids is 1. The number of methoxy groups -OCH3 is 1. The molecule has 25 heavy (non-hydrogen) atoms. The monoisotopic (exact) mass is 344 g/mol. The maximum absolute atomic E-state index is 13.1. The molecule has 1 fully saturated rings. The molecule has 3 heterocycles. The fourth-order valence-electron chi connectivity index (χ4n) is 3.18. The van der Waals surface area contributed by atoms with E-state index in [1.165, 1.54) is 0 Å². The summed E-state index contributed by atoms with van der Waals surface area (Å²) in [5, 5.41) is 12.9. The fourth-order valence-corrected chi connectivity index (χ4v) is 3.18. The van der Waals surface area contributed by atoms with E-state index in [4.69, 9.17) is 4.74 Å². The van der Waals surface area contributed by atoms with E-state index in [9.17, 15) is 4.79 Å². The highest BCUT2D eigenvalue weighted by molar-refractivity contribution is 5.95. The van der Waals surface area contributed by atoms with Crippen molar-refractivity contribution in [2.24, 2.45) is 7.05 Å². The largest absolute Gasteiger partial charge is 0.378 e. The molecule has 0 N–H and O–H groups in total. The molecular formula is C17H24N6O2. The topological polar surface area (TPSA) is 76.4 Å². The second kappa shape index (κ2) is 7.18. The Morgan fingerprint density at radius 3 is 2.80 bits per heavy atom. The summed E-state index contributed by atoms with van der Waals surface area (Å²) < 4.78 is 6.82. The zero-order chi connectivity index (χ0) is 18.0. The highest BCUT2D eigenvalue weighted by Gasteiger charge is 2.33. The maximum atomic E-state index is 13.1. The standard InChI is InChI=1S/C17H24N6O2/c1-21(2)16-8-7-13(18-19-16)15-6-5-9-23(15)17(24)12-10-22(3)20-14(12)11-25-4/h7-8,10,15H,5-6,9,11H2,1-4H3. The number of anilines is 1. The van der Waals surface area contributed by atoms with Crippen LogP contribution in [0.3, 0.4) is 0 Å². The zero-order valence-electron chi connectivity index (χ0n) is 15.1. The average Bonchev–Trinajstić information content (AvgIpc) is 3.21. The molecule has 0 saturated carbocycles. The van der Waals surface area contributed by atoms with Crippen LogP contribution in [0.15, 0.2) is 18.3 Å². The molecule has 134 valence electrons. The first-order valence-electron chi connectivity index (χ1n) is 8.34. The summed E-state index contributed by atoms with van der Waals surface area (Å²) in [6.45, 7) is 1.03. The second-order valence-electron chi connectivity index (χ2n) is 6.46. The maximum Gasteiger partial charge on any atom is 0.257 e. The summed E-state index contributed by atoms with van der Waals surface area (Å²) in [6, 6.07) is 3.84. The third-order valence-corrected chi connectivity index (χ3v) is 4.40. The molecule has 0 aliphatic carbocycles. The molecule has 1 atom stereocenters. The van der Waals surface area contributed by atoms with Crippen LogP contribution in [0, 0.1) is 0 Å². The number of hydrogen-bond acceptors (Lipinski definition) is 6. The van der Waals surface area contributed by atoms with E-state index >= 15 is 0 Å². The zero-order valence-corrected chi connectivity index (χ0v) is 15.1. The lowest BCUT2D eigenvalue weighted by molar-refractivity contribution is 0.0727. The van der Waals surface area contributed by atoms with E-state index in [-0.39, 0.29) is 11.9 Å². The van der Waals surface area contributed by atoms with Gasteiger partial charge in [0, 0.05) is 41.0 Å². The van der Waals surface area contributed by atoms with Gasteiger partial charge in [0.15, 0.2) is 5.82 Å². The van der Waals surface area contributed by atoms with Crippen molar-refractivity contribution in [1.82, 2.24) is 24.9 Å². The number of aromatic nitrogens is 4. The minimum atomic E-state index is -0.0492. The van der Waals surface area contributed by atoms with E-state index in [0.29, 0.717) is 24.4 Å². The SMILES string of the molecule is COCc1nn(C)cc1C(=O)N1CCCC1c1ccc(N(C)C)nn1. The molecule has 8 nitrogen and oxygen atoms in total. The Balaban J connectivity index is 1.85. The van der Waals surface area contributed by atoms with Crippen LogP contribution in [-0.4, -0.2) is 58.5 Å². The molecule has 3 rings (SSSR count). The molecule has 2 aromatic rings. The fraction of sp³-hybridized carbons (Fsp3) is 0.529. The van der Waals surface area contributed by atoms with Crippen LogP contribution in [0.2, 0.25) is 0 Å². The predicted octanol–water partition coefficient (Wildman–Crippen LogP) is 1.40. The van der Waals surface area contributed by atoms with Crippen molar-refractivity contribution in [3.63, 3.8) is 0 Å². The first kappa shape index (κ1) is 17.3. The summed E-state index contributed by atoms with van der Waals surface area (Å²) in [4.78, 5) is 16.8. The smallest absolute Gasteiger partial charge is 0.257 e. The summed E-state index contributed by atoms with van der Waals surface area (Å²) in [6.07, 6.45) is 3.60. The summed E-state index contributed by atoms with van der Waals surface area (Å²) >= 11 is 0. The number of rotatable bonds is 5. The molecule has 1 amide bonds. The molecule has 2 aromatic heterocycles. The summed E-state index contributed by atoms with van der Waals surface area (Å²) in [5.41, 5.74) is 2.08. The van der Waals surface area contributed by atoms with Gasteiger partial charge in [-0.05, 0) is 25.0 Å². The van der Waals surface area contributed by atoms with Crippen LogP contribution in [0.5, 0.6) is 0 Å². The molecule has 1 aliphatic rings. The Labute approximate surface area is 147 Å². The second-order valence-corrected chi connectivity index (χ2v) is 6.46. The average molecular weight is 344 g/mol. The van der Waals surface area contributed by atoms with Crippen LogP contribution < -0.4 is 4.90 Å². The Kier molecular flexibility index (Phi) is 4.98. The van der Waals surface area contributed by atoms with Gasteiger partial charge in [0.2, 0.25) is 0 Å². The quantitative estimate of drug-likeness (QED) is 0.816. The molecule has 0 aromatic carbocycles. The third-order valence-electron chi connectivity index (χ3n) is 4.40. The highest BCUT2D eigenvalue weighted by Crippen LogP contribution is 2.32. The lowest BCUT2D eigenvalue weighted by atomic mass is 10.1. The normalized spacial score (nSPS) is 17.1. The van der Waals surface area contributed by atoms with Crippen molar-refractivity contribution in [2.45, 2.75) is 25.5 Å². The number of aryl methyl sites for hydroxylation is 1. The minimum Gasteiger partial charge on any atom is -0.378 e. The Morgan fingerprint density at radius 1 is 1.36 bits per heavy atom. The van der Waals surface area contributed by atoms with Crippen molar-refractivity contribution >= 4 is 11.7 Å². The Hall–Kier alpha value is -2.48. The van der Waals surface area contributed by atoms with Crippen LogP contribution in [0.25, 0.3) is 0 Å². The number of likely N-dealkylation sites (tertiary alicyclic amines) is 1. The lowest BCUT2D eigenvalue weighted by Gasteiger charge is -2.24. The van der Waals surface area contributed by atoms with Crippen LogP contribution in [0.4, 0.5) is 5.82 Å². The molecule has 1 aliphatic heterocycles. The van der Waals surface area contributed by atoms with E-state index in [0.717, 1.165) is 24.4 Å². The number of hydrogen-bond donors (Lipinski definition) is 0. The molecular weight excluding hydrogens is 320 g/mol. The molecule has 0 bridgehead atoms. The number of nitrogens with zero attached hydrogens (tertiary/aromatic N) is 6. The summed E-state index contributed by atoms with van der Waals surface area (Å²) in [7, 11) is 7.26. The van der Waals surface area contributed by atoms with Gasteiger partial charge in [0.1, 0.15) is 5.69 Å². The highest BCUT2D eigenvalue weighted by atomic mass is 16.5. The van der Waals surface area contributed by atoms with Gasteiger partial charge in [-0.15, -0.1) is 5.10 Å². The third kappa shape index (κ3) is 3.48. The Bertz CT molecular complexity index is 740. The molecule has 0 radical (unpaired) electrons. The first-order valence-corrected chi connectivity index (χ1v) is 8.34. The Morgan fingerprint density at radius 2 is 2.16 bits per heavy atom. The lowest BCUT2D eigenvalue weighted by Crippen LogP contribution is -2.31. The number of carbonyl (C=O) groups is 1. The van der Waals surface area contributed by atoms with Crippen molar-refractivity contribution < 1.29 is 9.53 Å². The summed E-state index contributed by atoms with van der Waals surface area (Å²) in [5.74, 6) is 0.774. The van der Waals surface area contributed by atoms with E-state index in [1.807, 2.05) is 43.1 Å². The van der Waals surface area contributed by atoms with Gasteiger partial charge in [0.25, 0.3) is 5.91 Å². The van der Waals surface area contributed by atoms with E-state index < -0.39 is 0 Å². The van der Waals surface area contributed by atoms with Crippen molar-refractivity contribution in [1.29, 1.82) is 0 Å². The van der Waals surface area contributed by atoms with Crippen LogP contribution in [-0.2, 0) is 18.4 Å². The molecule has 1 unspecified atom stereocenters. The van der Waals surface area contributed by atoms with E-state index in [2.05, 4.69) is 15.3 Å². The van der Waals surface area contributed by atoms with Crippen molar-refractivity contribution in [2.75, 3.05) is 32.6 Å². The van der Waals surface area contributed by atoms with E-state index in [1.54, 1.807) is 18.0 Å². The van der Waals surface area contributed by atoms with Gasteiger partial charge in [-0.1, -0.05) is 0 Å². The van der Waals surface area contributed by atoms with Crippen LogP contribution in [0.1, 0.15) is 40.6 Å². The van der Waals surface area contributed by atoms with Gasteiger partial charge in [-0.3, -0.25) is 9.48 Å². The van der Waals surface area contributed by atoms with Gasteiger partial charge in [0.05, 0.1) is 23.9 Å². The molecule has 0 spiro atoms. The van der Waals surface area contributed by atoms with Gasteiger partial charge in [-0.25, -0.2) is 0 Å². The van der Waals surface area contributed by atoms with Gasteiger partial charge < -0.3 is 14.5 Å².